The van der Waals surface area contributed by atoms with Crippen molar-refractivity contribution in [2.24, 2.45) is 5.92 Å². The second kappa shape index (κ2) is 4.77. The van der Waals surface area contributed by atoms with Gasteiger partial charge in [0.25, 0.3) is 0 Å². The number of benzene rings is 1. The number of hydrogen-bond donors (Lipinski definition) is 2. The summed E-state index contributed by atoms with van der Waals surface area (Å²) < 4.78 is 0. The summed E-state index contributed by atoms with van der Waals surface area (Å²) in [5, 5.41) is 3.63. The maximum atomic E-state index is 5.91. The molecule has 1 unspecified atom stereocenters. The van der Waals surface area contributed by atoms with Crippen LogP contribution in [0.3, 0.4) is 0 Å². The van der Waals surface area contributed by atoms with Crippen molar-refractivity contribution in [2.75, 3.05) is 11.1 Å². The molecule has 3 N–H and O–H groups in total. The predicted octanol–water partition coefficient (Wildman–Crippen LogP) is 3.57. The van der Waals surface area contributed by atoms with Crippen LogP contribution in [0.5, 0.6) is 0 Å². The summed E-state index contributed by atoms with van der Waals surface area (Å²) in [6, 6.07) is 6.71. The van der Waals surface area contributed by atoms with Crippen LogP contribution in [-0.4, -0.2) is 6.04 Å². The van der Waals surface area contributed by atoms with Gasteiger partial charge in [0.05, 0.1) is 0 Å². The molecular weight excluding hydrogens is 196 g/mol. The van der Waals surface area contributed by atoms with E-state index in [2.05, 4.69) is 25.2 Å². The Labute approximate surface area is 98.2 Å². The molecule has 0 aromatic heterocycles. The summed E-state index contributed by atoms with van der Waals surface area (Å²) in [5.74, 6) is 0.971. The van der Waals surface area contributed by atoms with Crippen LogP contribution in [0.15, 0.2) is 18.2 Å². The van der Waals surface area contributed by atoms with Gasteiger partial charge in [0.2, 0.25) is 0 Å². The third kappa shape index (κ3) is 2.69. The average Bonchev–Trinajstić information content (AvgIpc) is 3.07. The van der Waals surface area contributed by atoms with E-state index in [0.29, 0.717) is 6.04 Å². The fourth-order valence-corrected chi connectivity index (χ4v) is 2.11. The van der Waals surface area contributed by atoms with Crippen LogP contribution in [0.4, 0.5) is 11.4 Å². The molecule has 2 heteroatoms. The Kier molecular flexibility index (Phi) is 3.37. The molecule has 0 amide bonds. The molecule has 2 nitrogen and oxygen atoms in total. The fourth-order valence-electron chi connectivity index (χ4n) is 2.11. The number of rotatable bonds is 5. The SMILES string of the molecule is CCC(CC1CC1)Nc1cccc(N)c1C. The topological polar surface area (TPSA) is 38.0 Å². The van der Waals surface area contributed by atoms with Gasteiger partial charge in [-0.3, -0.25) is 0 Å². The van der Waals surface area contributed by atoms with Crippen molar-refractivity contribution in [2.45, 2.75) is 45.6 Å². The van der Waals surface area contributed by atoms with Crippen molar-refractivity contribution < 1.29 is 0 Å². The highest BCUT2D eigenvalue weighted by Crippen LogP contribution is 2.35. The summed E-state index contributed by atoms with van der Waals surface area (Å²) in [4.78, 5) is 0. The molecule has 2 rings (SSSR count). The third-order valence-corrected chi connectivity index (χ3v) is 3.54. The monoisotopic (exact) mass is 218 g/mol. The second-order valence-corrected chi connectivity index (χ2v) is 4.95. The first-order valence-electron chi connectivity index (χ1n) is 6.32. The summed E-state index contributed by atoms with van der Waals surface area (Å²) in [6.45, 7) is 4.34. The molecule has 1 aromatic rings. The predicted molar refractivity (Wildman–Crippen MR) is 70.6 cm³/mol. The molecule has 88 valence electrons. The standard InChI is InChI=1S/C14H22N2/c1-3-12(9-11-7-8-11)16-14-6-4-5-13(15)10(14)2/h4-6,11-12,16H,3,7-9,15H2,1-2H3. The minimum Gasteiger partial charge on any atom is -0.398 e. The molecule has 1 saturated carbocycles. The van der Waals surface area contributed by atoms with Crippen LogP contribution in [-0.2, 0) is 0 Å². The summed E-state index contributed by atoms with van der Waals surface area (Å²) >= 11 is 0. The molecule has 1 aliphatic rings. The zero-order valence-electron chi connectivity index (χ0n) is 10.3. The third-order valence-electron chi connectivity index (χ3n) is 3.54. The Morgan fingerprint density at radius 3 is 2.81 bits per heavy atom. The van der Waals surface area contributed by atoms with Gasteiger partial charge >= 0.3 is 0 Å². The number of nitrogen functional groups attached to an aromatic ring is 1. The Hall–Kier alpha value is -1.18. The highest BCUT2D eigenvalue weighted by atomic mass is 14.9. The van der Waals surface area contributed by atoms with Gasteiger partial charge in [-0.2, -0.15) is 0 Å². The highest BCUT2D eigenvalue weighted by Gasteiger charge is 2.24. The summed E-state index contributed by atoms with van der Waals surface area (Å²) in [7, 11) is 0. The van der Waals surface area contributed by atoms with Crippen LogP contribution in [0.1, 0.15) is 38.2 Å². The fraction of sp³-hybridized carbons (Fsp3) is 0.571. The average molecular weight is 218 g/mol. The van der Waals surface area contributed by atoms with Crippen LogP contribution >= 0.6 is 0 Å². The molecule has 1 aliphatic carbocycles. The molecule has 1 atom stereocenters. The largest absolute Gasteiger partial charge is 0.398 e. The van der Waals surface area contributed by atoms with Gasteiger partial charge in [0, 0.05) is 17.4 Å². The zero-order valence-corrected chi connectivity index (χ0v) is 10.3. The van der Waals surface area contributed by atoms with Crippen molar-refractivity contribution in [3.05, 3.63) is 23.8 Å². The van der Waals surface area contributed by atoms with E-state index in [0.717, 1.165) is 11.6 Å². The Morgan fingerprint density at radius 1 is 1.44 bits per heavy atom. The molecule has 1 fully saturated rings. The van der Waals surface area contributed by atoms with Crippen molar-refractivity contribution in [1.29, 1.82) is 0 Å². The first-order valence-corrected chi connectivity index (χ1v) is 6.32. The lowest BCUT2D eigenvalue weighted by Crippen LogP contribution is -2.19. The van der Waals surface area contributed by atoms with Gasteiger partial charge < -0.3 is 11.1 Å². The van der Waals surface area contributed by atoms with Crippen LogP contribution in [0, 0.1) is 12.8 Å². The van der Waals surface area contributed by atoms with Crippen molar-refractivity contribution in [1.82, 2.24) is 0 Å². The highest BCUT2D eigenvalue weighted by molar-refractivity contribution is 5.63. The van der Waals surface area contributed by atoms with Gasteiger partial charge in [0.1, 0.15) is 0 Å². The number of anilines is 2. The summed E-state index contributed by atoms with van der Waals surface area (Å²) in [5.41, 5.74) is 9.17. The van der Waals surface area contributed by atoms with Crippen LogP contribution < -0.4 is 11.1 Å². The van der Waals surface area contributed by atoms with Crippen LogP contribution in [0.25, 0.3) is 0 Å². The van der Waals surface area contributed by atoms with E-state index < -0.39 is 0 Å². The van der Waals surface area contributed by atoms with E-state index in [-0.39, 0.29) is 0 Å². The Bertz CT molecular complexity index is 356. The van der Waals surface area contributed by atoms with Crippen molar-refractivity contribution in [3.8, 4) is 0 Å². The smallest absolute Gasteiger partial charge is 0.0392 e. The van der Waals surface area contributed by atoms with E-state index in [9.17, 15) is 0 Å². The second-order valence-electron chi connectivity index (χ2n) is 4.95. The lowest BCUT2D eigenvalue weighted by Gasteiger charge is -2.20. The molecule has 0 aliphatic heterocycles. The molecule has 0 saturated heterocycles. The van der Waals surface area contributed by atoms with Crippen LogP contribution in [0.2, 0.25) is 0 Å². The van der Waals surface area contributed by atoms with E-state index in [1.54, 1.807) is 0 Å². The normalized spacial score (nSPS) is 17.1. The summed E-state index contributed by atoms with van der Waals surface area (Å²) in [6.07, 6.45) is 5.34. The van der Waals surface area contributed by atoms with Gasteiger partial charge in [-0.15, -0.1) is 0 Å². The lowest BCUT2D eigenvalue weighted by atomic mass is 10.1. The number of nitrogens with one attached hydrogen (secondary N) is 1. The Morgan fingerprint density at radius 2 is 2.19 bits per heavy atom. The van der Waals surface area contributed by atoms with Gasteiger partial charge in [0.15, 0.2) is 0 Å². The molecular formula is C14H22N2. The molecule has 0 bridgehead atoms. The molecule has 0 radical (unpaired) electrons. The van der Waals surface area contributed by atoms with E-state index in [1.165, 1.54) is 36.9 Å². The minimum absolute atomic E-state index is 0.605. The number of nitrogens with two attached hydrogens (primary N) is 1. The van der Waals surface area contributed by atoms with Gasteiger partial charge in [-0.05, 0) is 43.4 Å². The Balaban J connectivity index is 2.02. The van der Waals surface area contributed by atoms with Gasteiger partial charge in [-0.1, -0.05) is 25.8 Å². The first kappa shape index (κ1) is 11.3. The van der Waals surface area contributed by atoms with E-state index in [1.807, 2.05) is 12.1 Å². The van der Waals surface area contributed by atoms with Gasteiger partial charge in [-0.25, -0.2) is 0 Å². The minimum atomic E-state index is 0.605. The maximum absolute atomic E-state index is 5.91. The van der Waals surface area contributed by atoms with E-state index >= 15 is 0 Å². The zero-order chi connectivity index (χ0) is 11.5. The molecule has 0 spiro atoms. The van der Waals surface area contributed by atoms with Crippen molar-refractivity contribution in [3.63, 3.8) is 0 Å². The maximum Gasteiger partial charge on any atom is 0.0392 e. The van der Waals surface area contributed by atoms with Crippen molar-refractivity contribution >= 4 is 11.4 Å². The van der Waals surface area contributed by atoms with E-state index in [4.69, 9.17) is 5.73 Å². The molecule has 16 heavy (non-hydrogen) atoms. The first-order chi connectivity index (χ1) is 7.70. The lowest BCUT2D eigenvalue weighted by molar-refractivity contribution is 0.587. The molecule has 0 heterocycles. The number of hydrogen-bond acceptors (Lipinski definition) is 2. The quantitative estimate of drug-likeness (QED) is 0.741. The molecule has 1 aromatic carbocycles.